The van der Waals surface area contributed by atoms with E-state index in [4.69, 9.17) is 0 Å². The van der Waals surface area contributed by atoms with Crippen LogP contribution in [0.2, 0.25) is 0 Å². The molecule has 0 aliphatic rings. The molecule has 0 saturated heterocycles. The summed E-state index contributed by atoms with van der Waals surface area (Å²) in [5, 5.41) is 5.71. The first-order chi connectivity index (χ1) is 8.70. The summed E-state index contributed by atoms with van der Waals surface area (Å²) in [5.74, 6) is 0.593. The van der Waals surface area contributed by atoms with Gasteiger partial charge in [-0.3, -0.25) is 4.79 Å². The Morgan fingerprint density at radius 2 is 2.00 bits per heavy atom. The molecule has 0 fully saturated rings. The molecule has 0 aliphatic heterocycles. The molecular weight excluding hydrogens is 294 g/mol. The molecule has 2 rings (SSSR count). The summed E-state index contributed by atoms with van der Waals surface area (Å²) >= 11 is 3.35. The summed E-state index contributed by atoms with van der Waals surface area (Å²) in [7, 11) is 1.79. The van der Waals surface area contributed by atoms with E-state index in [1.54, 1.807) is 31.4 Å². The number of hydrogen-bond acceptors (Lipinski definition) is 3. The summed E-state index contributed by atoms with van der Waals surface area (Å²) in [4.78, 5) is 16.1. The topological polar surface area (TPSA) is 54.0 Å². The van der Waals surface area contributed by atoms with Crippen molar-refractivity contribution in [2.75, 3.05) is 17.7 Å². The number of nitrogens with one attached hydrogen (secondary N) is 2. The molecule has 0 saturated carbocycles. The molecule has 0 radical (unpaired) electrons. The number of carbonyl (C=O) groups is 1. The molecule has 0 spiro atoms. The zero-order valence-corrected chi connectivity index (χ0v) is 11.4. The molecule has 1 aromatic carbocycles. The Balaban J connectivity index is 2.14. The third-order valence-corrected chi connectivity index (χ3v) is 3.09. The Bertz CT molecular complexity index is 554. The van der Waals surface area contributed by atoms with Crippen LogP contribution in [-0.4, -0.2) is 17.9 Å². The van der Waals surface area contributed by atoms with Crippen molar-refractivity contribution in [1.82, 2.24) is 4.98 Å². The molecule has 1 amide bonds. The molecule has 1 heterocycles. The molecule has 2 aromatic rings. The summed E-state index contributed by atoms with van der Waals surface area (Å²) in [6.45, 7) is 0. The lowest BCUT2D eigenvalue weighted by Crippen LogP contribution is -2.12. The highest BCUT2D eigenvalue weighted by atomic mass is 79.9. The minimum absolute atomic E-state index is 0.165. The first kappa shape index (κ1) is 12.6. The van der Waals surface area contributed by atoms with Crippen LogP contribution in [0.25, 0.3) is 0 Å². The monoisotopic (exact) mass is 305 g/mol. The van der Waals surface area contributed by atoms with Crippen LogP contribution in [0, 0.1) is 0 Å². The quantitative estimate of drug-likeness (QED) is 0.916. The SMILES string of the molecule is CNc1ccc(NC(=O)c2ccccc2Br)cn1. The first-order valence-corrected chi connectivity index (χ1v) is 6.19. The maximum atomic E-state index is 12.0. The van der Waals surface area contributed by atoms with E-state index in [1.807, 2.05) is 18.2 Å². The molecule has 0 atom stereocenters. The van der Waals surface area contributed by atoms with Crippen LogP contribution in [0.4, 0.5) is 11.5 Å². The van der Waals surface area contributed by atoms with Crippen molar-refractivity contribution >= 4 is 33.3 Å². The zero-order valence-electron chi connectivity index (χ0n) is 9.77. The van der Waals surface area contributed by atoms with Crippen molar-refractivity contribution in [3.8, 4) is 0 Å². The van der Waals surface area contributed by atoms with Crippen molar-refractivity contribution in [1.29, 1.82) is 0 Å². The average Bonchev–Trinajstić information content (AvgIpc) is 2.40. The van der Waals surface area contributed by atoms with E-state index in [0.29, 0.717) is 11.3 Å². The maximum absolute atomic E-state index is 12.0. The lowest BCUT2D eigenvalue weighted by Gasteiger charge is -2.07. The van der Waals surface area contributed by atoms with E-state index in [-0.39, 0.29) is 5.91 Å². The van der Waals surface area contributed by atoms with E-state index in [1.165, 1.54) is 0 Å². The Morgan fingerprint density at radius 1 is 1.22 bits per heavy atom. The standard InChI is InChI=1S/C13H12BrN3O/c1-15-12-7-6-9(8-16-12)17-13(18)10-4-2-3-5-11(10)14/h2-8H,1H3,(H,15,16)(H,17,18). The lowest BCUT2D eigenvalue weighted by atomic mass is 10.2. The third kappa shape index (κ3) is 2.87. The first-order valence-electron chi connectivity index (χ1n) is 5.40. The van der Waals surface area contributed by atoms with E-state index >= 15 is 0 Å². The lowest BCUT2D eigenvalue weighted by molar-refractivity contribution is 0.102. The second-order valence-corrected chi connectivity index (χ2v) is 4.47. The highest BCUT2D eigenvalue weighted by Crippen LogP contribution is 2.18. The van der Waals surface area contributed by atoms with Crippen LogP contribution < -0.4 is 10.6 Å². The second-order valence-electron chi connectivity index (χ2n) is 3.62. The van der Waals surface area contributed by atoms with Crippen molar-refractivity contribution < 1.29 is 4.79 Å². The average molecular weight is 306 g/mol. The fraction of sp³-hybridized carbons (Fsp3) is 0.0769. The van der Waals surface area contributed by atoms with Crippen molar-refractivity contribution in [2.45, 2.75) is 0 Å². The van der Waals surface area contributed by atoms with Gasteiger partial charge in [0.25, 0.3) is 5.91 Å². The predicted octanol–water partition coefficient (Wildman–Crippen LogP) is 3.14. The van der Waals surface area contributed by atoms with Gasteiger partial charge in [-0.15, -0.1) is 0 Å². The fourth-order valence-electron chi connectivity index (χ4n) is 1.46. The van der Waals surface area contributed by atoms with Crippen LogP contribution >= 0.6 is 15.9 Å². The van der Waals surface area contributed by atoms with Gasteiger partial charge in [-0.05, 0) is 40.2 Å². The number of hydrogen-bond donors (Lipinski definition) is 2. The van der Waals surface area contributed by atoms with Crippen molar-refractivity contribution in [3.63, 3.8) is 0 Å². The highest BCUT2D eigenvalue weighted by Gasteiger charge is 2.09. The van der Waals surface area contributed by atoms with Crippen LogP contribution in [0.1, 0.15) is 10.4 Å². The van der Waals surface area contributed by atoms with Crippen LogP contribution in [-0.2, 0) is 0 Å². The van der Waals surface area contributed by atoms with Gasteiger partial charge in [0.05, 0.1) is 17.4 Å². The van der Waals surface area contributed by atoms with E-state index < -0.39 is 0 Å². The molecule has 18 heavy (non-hydrogen) atoms. The number of rotatable bonds is 3. The van der Waals surface area contributed by atoms with Crippen molar-refractivity contribution in [3.05, 3.63) is 52.6 Å². The maximum Gasteiger partial charge on any atom is 0.256 e. The minimum atomic E-state index is -0.165. The van der Waals surface area contributed by atoms with Gasteiger partial charge in [-0.25, -0.2) is 4.98 Å². The van der Waals surface area contributed by atoms with E-state index in [9.17, 15) is 4.79 Å². The fourth-order valence-corrected chi connectivity index (χ4v) is 1.92. The van der Waals surface area contributed by atoms with Gasteiger partial charge in [-0.2, -0.15) is 0 Å². The number of aromatic nitrogens is 1. The zero-order chi connectivity index (χ0) is 13.0. The number of pyridine rings is 1. The van der Waals surface area contributed by atoms with Gasteiger partial charge >= 0.3 is 0 Å². The third-order valence-electron chi connectivity index (χ3n) is 2.40. The number of carbonyl (C=O) groups excluding carboxylic acids is 1. The van der Waals surface area contributed by atoms with Crippen LogP contribution in [0.5, 0.6) is 0 Å². The highest BCUT2D eigenvalue weighted by molar-refractivity contribution is 9.10. The summed E-state index contributed by atoms with van der Waals surface area (Å²) in [5.41, 5.74) is 1.25. The summed E-state index contributed by atoms with van der Waals surface area (Å²) < 4.78 is 0.766. The molecule has 5 heteroatoms. The van der Waals surface area contributed by atoms with Gasteiger partial charge in [-0.1, -0.05) is 12.1 Å². The second kappa shape index (κ2) is 5.64. The molecule has 0 aliphatic carbocycles. The summed E-state index contributed by atoms with van der Waals surface area (Å²) in [6, 6.07) is 10.9. The molecular formula is C13H12BrN3O. The Kier molecular flexibility index (Phi) is 3.94. The van der Waals surface area contributed by atoms with Crippen molar-refractivity contribution in [2.24, 2.45) is 0 Å². The van der Waals surface area contributed by atoms with Gasteiger partial charge in [0.2, 0.25) is 0 Å². The number of nitrogens with zero attached hydrogens (tertiary/aromatic N) is 1. The molecule has 92 valence electrons. The van der Waals surface area contributed by atoms with Crippen LogP contribution in [0.15, 0.2) is 47.1 Å². The summed E-state index contributed by atoms with van der Waals surface area (Å²) in [6.07, 6.45) is 1.61. The number of amides is 1. The minimum Gasteiger partial charge on any atom is -0.373 e. The molecule has 0 bridgehead atoms. The number of halogens is 1. The largest absolute Gasteiger partial charge is 0.373 e. The number of anilines is 2. The Morgan fingerprint density at radius 3 is 2.61 bits per heavy atom. The molecule has 4 nitrogen and oxygen atoms in total. The predicted molar refractivity (Wildman–Crippen MR) is 75.9 cm³/mol. The van der Waals surface area contributed by atoms with Crippen LogP contribution in [0.3, 0.4) is 0 Å². The van der Waals surface area contributed by atoms with E-state index in [2.05, 4.69) is 31.5 Å². The molecule has 0 unspecified atom stereocenters. The normalized spacial score (nSPS) is 9.89. The van der Waals surface area contributed by atoms with Gasteiger partial charge in [0.15, 0.2) is 0 Å². The smallest absolute Gasteiger partial charge is 0.256 e. The Labute approximate surface area is 114 Å². The Hall–Kier alpha value is -1.88. The van der Waals surface area contributed by atoms with Gasteiger partial charge < -0.3 is 10.6 Å². The molecule has 1 aromatic heterocycles. The van der Waals surface area contributed by atoms with E-state index in [0.717, 1.165) is 10.3 Å². The number of benzene rings is 1. The van der Waals surface area contributed by atoms with Gasteiger partial charge in [0, 0.05) is 11.5 Å². The van der Waals surface area contributed by atoms with Gasteiger partial charge in [0.1, 0.15) is 5.82 Å². The molecule has 2 N–H and O–H groups in total.